The number of hydrogen-bond donors (Lipinski definition) is 4. The van der Waals surface area contributed by atoms with Crippen molar-refractivity contribution >= 4 is 29.0 Å². The van der Waals surface area contributed by atoms with Crippen LogP contribution in [0.15, 0.2) is 66.9 Å². The van der Waals surface area contributed by atoms with Crippen LogP contribution in [0, 0.1) is 10.8 Å². The van der Waals surface area contributed by atoms with Gasteiger partial charge in [0.05, 0.1) is 12.2 Å². The van der Waals surface area contributed by atoms with Gasteiger partial charge in [0.25, 0.3) is 0 Å². The number of nitrogens with zero attached hydrogens (tertiary/aromatic N) is 5. The number of fused-ring (bicyclic) bond motifs is 2. The molecular formula is C40H55N9O2. The third-order valence-corrected chi connectivity index (χ3v) is 10.2. The number of ether oxygens (including phenoxy) is 1. The summed E-state index contributed by atoms with van der Waals surface area (Å²) in [5.74, 6) is 1.63. The van der Waals surface area contributed by atoms with E-state index >= 15 is 0 Å². The molecule has 1 saturated heterocycles. The van der Waals surface area contributed by atoms with Crippen molar-refractivity contribution in [3.05, 3.63) is 83.6 Å². The number of nitrogens with one attached hydrogen (secondary N) is 4. The first-order valence-electron chi connectivity index (χ1n) is 18.5. The summed E-state index contributed by atoms with van der Waals surface area (Å²) in [6.45, 7) is 10.3. The topological polar surface area (TPSA) is 123 Å². The molecule has 272 valence electrons. The largest absolute Gasteiger partial charge is 0.484 e. The Morgan fingerprint density at radius 3 is 2.59 bits per heavy atom. The van der Waals surface area contributed by atoms with Crippen molar-refractivity contribution in [2.75, 3.05) is 37.4 Å². The van der Waals surface area contributed by atoms with E-state index in [0.29, 0.717) is 18.2 Å². The van der Waals surface area contributed by atoms with Crippen molar-refractivity contribution in [2.45, 2.75) is 97.0 Å². The minimum atomic E-state index is -0.457. The molecular weight excluding hydrogens is 639 g/mol. The van der Waals surface area contributed by atoms with Gasteiger partial charge in [-0.05, 0) is 106 Å². The number of pyridine rings is 1. The molecule has 1 aliphatic heterocycles. The van der Waals surface area contributed by atoms with Crippen LogP contribution in [-0.2, 0) is 6.42 Å². The lowest BCUT2D eigenvalue weighted by molar-refractivity contribution is 0.170. The first-order chi connectivity index (χ1) is 24.4. The van der Waals surface area contributed by atoms with Crippen LogP contribution >= 0.6 is 0 Å². The van der Waals surface area contributed by atoms with Gasteiger partial charge >= 0.3 is 6.03 Å². The first kappa shape index (κ1) is 36.2. The van der Waals surface area contributed by atoms with Gasteiger partial charge in [-0.3, -0.25) is 4.40 Å². The lowest BCUT2D eigenvalue weighted by Crippen LogP contribution is -2.49. The third-order valence-electron chi connectivity index (χ3n) is 10.2. The SMILES string of the molecule is CC1CCCCN1c1nnc2ccc(OC3CCC(NC(=O)NC(CC(=N)C(C)(C)C)Nc4cccc(CCN(C)C)c4)c4ccccc43)cn12. The zero-order valence-electron chi connectivity index (χ0n) is 31.1. The van der Waals surface area contributed by atoms with Crippen molar-refractivity contribution in [3.8, 4) is 5.75 Å². The standard InChI is InChI=1S/C40H55N9O2/c1-27-12-9-10-22-48(27)39-46-45-37-20-17-30(26-49(37)39)51-34-19-18-33(31-15-7-8-16-32(31)34)43-38(50)44-36(25-35(41)40(2,3)4)42-29-14-11-13-28(24-29)21-23-47(5)6/h7-8,11,13-17,20,24,26-27,33-34,36,41-42H,9-10,12,18-19,21-23,25H2,1-6H3,(H2,43,44,50). The quantitative estimate of drug-likeness (QED) is 0.0904. The molecule has 0 radical (unpaired) electrons. The molecule has 2 aliphatic rings. The van der Waals surface area contributed by atoms with E-state index in [1.54, 1.807) is 0 Å². The van der Waals surface area contributed by atoms with E-state index in [4.69, 9.17) is 10.1 Å². The van der Waals surface area contributed by atoms with Crippen LogP contribution in [-0.4, -0.2) is 70.6 Å². The summed E-state index contributed by atoms with van der Waals surface area (Å²) in [7, 11) is 4.14. The molecule has 4 atom stereocenters. The number of aromatic nitrogens is 3. The maximum Gasteiger partial charge on any atom is 0.316 e. The van der Waals surface area contributed by atoms with Crippen LogP contribution < -0.4 is 25.6 Å². The van der Waals surface area contributed by atoms with Crippen molar-refractivity contribution in [1.29, 1.82) is 5.41 Å². The van der Waals surface area contributed by atoms with E-state index in [0.717, 1.165) is 79.4 Å². The normalized spacial score (nSPS) is 19.7. The number of anilines is 2. The summed E-state index contributed by atoms with van der Waals surface area (Å²) in [5, 5.41) is 27.7. The van der Waals surface area contributed by atoms with E-state index in [1.807, 2.05) is 67.8 Å². The van der Waals surface area contributed by atoms with Gasteiger partial charge < -0.3 is 35.9 Å². The number of urea groups is 1. The zero-order valence-corrected chi connectivity index (χ0v) is 31.1. The summed E-state index contributed by atoms with van der Waals surface area (Å²) in [5.41, 5.74) is 5.32. The predicted octanol–water partition coefficient (Wildman–Crippen LogP) is 7.36. The molecule has 1 aliphatic carbocycles. The Bertz CT molecular complexity index is 1810. The summed E-state index contributed by atoms with van der Waals surface area (Å²) in [4.78, 5) is 18.2. The smallest absolute Gasteiger partial charge is 0.316 e. The van der Waals surface area contributed by atoms with Crippen LogP contribution in [0.2, 0.25) is 0 Å². The molecule has 0 spiro atoms. The van der Waals surface area contributed by atoms with Gasteiger partial charge in [-0.25, -0.2) is 4.79 Å². The number of hydrogen-bond acceptors (Lipinski definition) is 8. The lowest BCUT2D eigenvalue weighted by Gasteiger charge is -2.34. The minimum Gasteiger partial charge on any atom is -0.484 e. The molecule has 2 amide bonds. The predicted molar refractivity (Wildman–Crippen MR) is 205 cm³/mol. The number of carbonyl (C=O) groups is 1. The second-order valence-corrected chi connectivity index (χ2v) is 15.5. The number of benzene rings is 2. The molecule has 2 aromatic heterocycles. The molecule has 3 heterocycles. The highest BCUT2D eigenvalue weighted by atomic mass is 16.5. The van der Waals surface area contributed by atoms with Crippen molar-refractivity contribution < 1.29 is 9.53 Å². The maximum absolute atomic E-state index is 13.7. The van der Waals surface area contributed by atoms with Gasteiger partial charge in [0.2, 0.25) is 5.95 Å². The van der Waals surface area contributed by atoms with Crippen molar-refractivity contribution in [2.24, 2.45) is 5.41 Å². The van der Waals surface area contributed by atoms with Gasteiger partial charge in [0.15, 0.2) is 5.65 Å². The van der Waals surface area contributed by atoms with Crippen molar-refractivity contribution in [1.82, 2.24) is 30.1 Å². The Labute approximate surface area is 302 Å². The average molecular weight is 694 g/mol. The molecule has 6 rings (SSSR count). The Kier molecular flexibility index (Phi) is 11.1. The molecule has 0 saturated carbocycles. The summed E-state index contributed by atoms with van der Waals surface area (Å²) >= 11 is 0. The molecule has 1 fully saturated rings. The minimum absolute atomic E-state index is 0.157. The maximum atomic E-state index is 13.7. The van der Waals surface area contributed by atoms with E-state index in [9.17, 15) is 4.79 Å². The first-order valence-corrected chi connectivity index (χ1v) is 18.5. The number of piperidine rings is 1. The third kappa shape index (κ3) is 9.00. The highest BCUT2D eigenvalue weighted by Crippen LogP contribution is 2.39. The molecule has 2 aromatic carbocycles. The summed E-state index contributed by atoms with van der Waals surface area (Å²) < 4.78 is 8.71. The molecule has 4 aromatic rings. The number of likely N-dealkylation sites (N-methyl/N-ethyl adjacent to an activating group) is 1. The highest BCUT2D eigenvalue weighted by molar-refractivity contribution is 5.88. The Hall–Kier alpha value is -4.64. The Balaban J connectivity index is 1.15. The van der Waals surface area contributed by atoms with Crippen LogP contribution in [0.1, 0.15) is 95.1 Å². The average Bonchev–Trinajstić information content (AvgIpc) is 3.51. The van der Waals surface area contributed by atoms with E-state index < -0.39 is 6.17 Å². The summed E-state index contributed by atoms with van der Waals surface area (Å²) in [6.07, 6.45) is 7.73. The van der Waals surface area contributed by atoms with Crippen LogP contribution in [0.3, 0.4) is 0 Å². The fourth-order valence-corrected chi connectivity index (χ4v) is 7.08. The van der Waals surface area contributed by atoms with Crippen LogP contribution in [0.25, 0.3) is 5.65 Å². The molecule has 4 N–H and O–H groups in total. The van der Waals surface area contributed by atoms with E-state index in [1.165, 1.54) is 12.0 Å². The highest BCUT2D eigenvalue weighted by Gasteiger charge is 2.31. The number of amides is 2. The lowest BCUT2D eigenvalue weighted by atomic mass is 9.85. The molecule has 11 nitrogen and oxygen atoms in total. The van der Waals surface area contributed by atoms with Gasteiger partial charge in [0.1, 0.15) is 18.0 Å². The van der Waals surface area contributed by atoms with E-state index in [-0.39, 0.29) is 23.6 Å². The van der Waals surface area contributed by atoms with Crippen LogP contribution in [0.4, 0.5) is 16.4 Å². The van der Waals surface area contributed by atoms with E-state index in [2.05, 4.69) is 81.2 Å². The van der Waals surface area contributed by atoms with Gasteiger partial charge in [-0.15, -0.1) is 10.2 Å². The number of carbonyl (C=O) groups excluding carboxylic acids is 1. The Morgan fingerprint density at radius 2 is 1.82 bits per heavy atom. The zero-order chi connectivity index (χ0) is 36.1. The molecule has 4 unspecified atom stereocenters. The van der Waals surface area contributed by atoms with Gasteiger partial charge in [-0.1, -0.05) is 57.2 Å². The second-order valence-electron chi connectivity index (χ2n) is 15.5. The van der Waals surface area contributed by atoms with Crippen molar-refractivity contribution in [3.63, 3.8) is 0 Å². The van der Waals surface area contributed by atoms with Gasteiger partial charge in [-0.2, -0.15) is 0 Å². The van der Waals surface area contributed by atoms with Gasteiger partial charge in [0, 0.05) is 37.0 Å². The molecule has 0 bridgehead atoms. The molecule has 51 heavy (non-hydrogen) atoms. The number of rotatable bonds is 12. The fourth-order valence-electron chi connectivity index (χ4n) is 7.08. The second kappa shape index (κ2) is 15.7. The van der Waals surface area contributed by atoms with Crippen LogP contribution in [0.5, 0.6) is 5.75 Å². The monoisotopic (exact) mass is 693 g/mol. The fraction of sp³-hybridized carbons (Fsp3) is 0.500. The molecule has 11 heteroatoms. The Morgan fingerprint density at radius 1 is 1.02 bits per heavy atom. The summed E-state index contributed by atoms with van der Waals surface area (Å²) in [6, 6.07) is 20.4.